The molecule has 4 aromatic heterocycles. The van der Waals surface area contributed by atoms with Crippen LogP contribution in [0.5, 0.6) is 0 Å². The summed E-state index contributed by atoms with van der Waals surface area (Å²) in [6.45, 7) is 7.04. The van der Waals surface area contributed by atoms with Crippen molar-refractivity contribution in [3.8, 4) is 0 Å². The van der Waals surface area contributed by atoms with Gasteiger partial charge in [0, 0.05) is 40.9 Å². The van der Waals surface area contributed by atoms with Crippen molar-refractivity contribution in [1.29, 1.82) is 0 Å². The number of hydrogen-bond donors (Lipinski definition) is 2. The summed E-state index contributed by atoms with van der Waals surface area (Å²) in [5, 5.41) is 16.9. The molecule has 2 amide bonds. The SMILES string of the molecule is CO/N=C1\C[C@@H](CCC(=O)Nc2ncc(CO/N=C3\C[C@@H](CCC(=O)Nc4ncc(C)s4)C4C5CCc6cc7ocnc7cc6C5CC[C@]34C)s2)C2C3CCc4c(ccc5ocnc45)C3CC[C@]12C. The fraction of sp³-hybridized carbons (Fsp3) is 0.547. The van der Waals surface area contributed by atoms with Crippen LogP contribution >= 0.6 is 22.7 Å². The van der Waals surface area contributed by atoms with Crippen LogP contribution in [0, 0.1) is 53.3 Å². The number of aromatic nitrogens is 4. The minimum atomic E-state index is -0.144. The molecule has 6 aliphatic carbocycles. The van der Waals surface area contributed by atoms with Crippen molar-refractivity contribution in [1.82, 2.24) is 19.9 Å². The molecule has 14 nitrogen and oxygen atoms in total. The topological polar surface area (TPSA) is 179 Å². The lowest BCUT2D eigenvalue weighted by Crippen LogP contribution is -2.44. The van der Waals surface area contributed by atoms with Crippen LogP contribution in [-0.2, 0) is 38.7 Å². The quantitative estimate of drug-likeness (QED) is 0.112. The van der Waals surface area contributed by atoms with Gasteiger partial charge in [-0.25, -0.2) is 19.9 Å². The summed E-state index contributed by atoms with van der Waals surface area (Å²) in [4.78, 5) is 58.6. The molecule has 12 rings (SSSR count). The first-order chi connectivity index (χ1) is 33.6. The van der Waals surface area contributed by atoms with Gasteiger partial charge in [0.15, 0.2) is 40.8 Å². The van der Waals surface area contributed by atoms with Gasteiger partial charge in [-0.15, -0.1) is 11.3 Å². The highest BCUT2D eigenvalue weighted by atomic mass is 32.1. The lowest BCUT2D eigenvalue weighted by molar-refractivity contribution is -0.117. The summed E-state index contributed by atoms with van der Waals surface area (Å²) in [5.41, 5.74) is 11.3. The number of anilines is 2. The molecule has 0 bridgehead atoms. The summed E-state index contributed by atoms with van der Waals surface area (Å²) in [5.74, 6) is 3.23. The van der Waals surface area contributed by atoms with Crippen LogP contribution in [-0.4, -0.2) is 50.3 Å². The molecule has 0 aliphatic heterocycles. The van der Waals surface area contributed by atoms with Crippen molar-refractivity contribution in [2.75, 3.05) is 17.7 Å². The number of nitrogens with zero attached hydrogens (tertiary/aromatic N) is 6. The molecule has 69 heavy (non-hydrogen) atoms. The van der Waals surface area contributed by atoms with Crippen LogP contribution in [0.3, 0.4) is 0 Å². The number of benzene rings is 2. The number of oxime groups is 2. The zero-order valence-corrected chi connectivity index (χ0v) is 41.4. The Balaban J connectivity index is 0.704. The van der Waals surface area contributed by atoms with Gasteiger partial charge in [-0.3, -0.25) is 9.59 Å². The number of amides is 2. The van der Waals surface area contributed by atoms with E-state index in [4.69, 9.17) is 23.7 Å². The molecule has 6 unspecified atom stereocenters. The predicted octanol–water partition coefficient (Wildman–Crippen LogP) is 11.8. The monoisotopic (exact) mass is 968 g/mol. The first-order valence-electron chi connectivity index (χ1n) is 25.0. The van der Waals surface area contributed by atoms with Gasteiger partial charge in [0.05, 0.1) is 16.3 Å². The average Bonchev–Trinajstić information content (AvgIpc) is 4.22. The van der Waals surface area contributed by atoms with Gasteiger partial charge < -0.3 is 29.1 Å². The molecule has 2 aromatic carbocycles. The third-order valence-corrected chi connectivity index (χ3v) is 19.6. The maximum Gasteiger partial charge on any atom is 0.226 e. The van der Waals surface area contributed by atoms with E-state index in [1.54, 1.807) is 32.3 Å². The van der Waals surface area contributed by atoms with Gasteiger partial charge in [0.25, 0.3) is 0 Å². The predicted molar refractivity (Wildman–Crippen MR) is 266 cm³/mol. The first kappa shape index (κ1) is 44.7. The zero-order valence-electron chi connectivity index (χ0n) is 39.8. The molecule has 4 heterocycles. The van der Waals surface area contributed by atoms with E-state index < -0.39 is 0 Å². The average molecular weight is 969 g/mol. The molecule has 6 aliphatic rings. The smallest absolute Gasteiger partial charge is 0.226 e. The summed E-state index contributed by atoms with van der Waals surface area (Å²) in [6.07, 6.45) is 19.1. The number of nitrogens with one attached hydrogen (secondary N) is 2. The second-order valence-corrected chi connectivity index (χ2v) is 23.7. The Morgan fingerprint density at radius 2 is 1.42 bits per heavy atom. The maximum atomic E-state index is 13.7. The molecular weight excluding hydrogens is 909 g/mol. The van der Waals surface area contributed by atoms with Crippen LogP contribution in [0.4, 0.5) is 10.3 Å². The molecule has 0 radical (unpaired) electrons. The molecule has 4 saturated carbocycles. The van der Waals surface area contributed by atoms with Crippen molar-refractivity contribution in [2.45, 2.75) is 129 Å². The van der Waals surface area contributed by atoms with Gasteiger partial charge in [0.1, 0.15) is 18.1 Å². The second-order valence-electron chi connectivity index (χ2n) is 21.3. The fourth-order valence-electron chi connectivity index (χ4n) is 15.0. The Kier molecular flexibility index (Phi) is 11.5. The van der Waals surface area contributed by atoms with Crippen LogP contribution < -0.4 is 10.6 Å². The molecule has 6 aromatic rings. The van der Waals surface area contributed by atoms with Gasteiger partial charge in [0.2, 0.25) is 11.8 Å². The minimum absolute atomic E-state index is 0.00566. The molecule has 4 fully saturated rings. The normalized spacial score (nSPS) is 31.2. The lowest BCUT2D eigenvalue weighted by atomic mass is 9.54. The number of rotatable bonds is 12. The molecule has 360 valence electrons. The number of carbonyl (C=O) groups is 2. The molecule has 0 spiro atoms. The third kappa shape index (κ3) is 7.88. The molecule has 2 N–H and O–H groups in total. The van der Waals surface area contributed by atoms with E-state index in [2.05, 4.69) is 73.8 Å². The first-order valence-corrected chi connectivity index (χ1v) is 26.7. The van der Waals surface area contributed by atoms with E-state index in [0.717, 1.165) is 120 Å². The second kappa shape index (κ2) is 17.7. The Bertz CT molecular complexity index is 3010. The number of hydrogen-bond acceptors (Lipinski definition) is 14. The van der Waals surface area contributed by atoms with Crippen molar-refractivity contribution < 1.29 is 28.1 Å². The highest BCUT2D eigenvalue weighted by molar-refractivity contribution is 7.16. The molecular formula is C53H60N8O6S2. The van der Waals surface area contributed by atoms with E-state index in [1.165, 1.54) is 44.9 Å². The van der Waals surface area contributed by atoms with Crippen molar-refractivity contribution in [3.63, 3.8) is 0 Å². The minimum Gasteiger partial charge on any atom is -0.443 e. The number of aryl methyl sites for hydroxylation is 3. The van der Waals surface area contributed by atoms with E-state index in [1.807, 2.05) is 6.92 Å². The summed E-state index contributed by atoms with van der Waals surface area (Å²) < 4.78 is 11.4. The molecule has 0 saturated heterocycles. The standard InChI is InChI=1S/C53H60N8O6S2/c1-28-23-54-50(68-28)58-45(62)13-7-31-21-44(53(3)18-16-35-36(47(31)53)8-5-29-19-42-40(22-39(29)35)56-26-66-42)61-67-25-32-24-55-51(69-32)59-46(63)14-6-30-20-43(60-64-4)52(2)17-15-34-33-11-12-41-49(57-27-65-41)38(33)10-9-37(34)48(30)52/h11-12,19,22-24,26-27,30-31,34-37,47-48H,5-10,13-18,20-21,25H2,1-4H3,(H,54,58,62)(H,55,59,63)/b60-43+,61-44+/t30-,31-,34?,35?,36?,37?,47?,48?,52-,53-/m1/s1. The molecule has 10 atom stereocenters. The highest BCUT2D eigenvalue weighted by Crippen LogP contribution is 2.64. The van der Waals surface area contributed by atoms with Gasteiger partial charge in [-0.1, -0.05) is 41.6 Å². The van der Waals surface area contributed by atoms with E-state index in [9.17, 15) is 9.59 Å². The van der Waals surface area contributed by atoms with Crippen LogP contribution in [0.2, 0.25) is 0 Å². The number of oxazole rings is 2. The Morgan fingerprint density at radius 1 is 0.768 bits per heavy atom. The maximum absolute atomic E-state index is 13.7. The Labute approximate surface area is 409 Å². The summed E-state index contributed by atoms with van der Waals surface area (Å²) in [6, 6.07) is 8.83. The Morgan fingerprint density at radius 3 is 2.13 bits per heavy atom. The Hall–Kier alpha value is -5.48. The van der Waals surface area contributed by atoms with E-state index >= 15 is 0 Å². The van der Waals surface area contributed by atoms with Crippen molar-refractivity contribution in [2.24, 2.45) is 56.6 Å². The van der Waals surface area contributed by atoms with Crippen LogP contribution in [0.1, 0.15) is 135 Å². The fourth-order valence-corrected chi connectivity index (χ4v) is 16.4. The number of fused-ring (bicyclic) bond motifs is 13. The number of thiazole rings is 2. The van der Waals surface area contributed by atoms with Gasteiger partial charge in [-0.2, -0.15) is 0 Å². The van der Waals surface area contributed by atoms with E-state index in [0.29, 0.717) is 70.4 Å². The van der Waals surface area contributed by atoms with Gasteiger partial charge in [-0.05, 0) is 172 Å². The summed E-state index contributed by atoms with van der Waals surface area (Å²) in [7, 11) is 1.65. The summed E-state index contributed by atoms with van der Waals surface area (Å²) >= 11 is 2.94. The number of carbonyl (C=O) groups excluding carboxylic acids is 2. The van der Waals surface area contributed by atoms with Crippen LogP contribution in [0.15, 0.2) is 68.6 Å². The van der Waals surface area contributed by atoms with Gasteiger partial charge >= 0.3 is 0 Å². The van der Waals surface area contributed by atoms with Crippen molar-refractivity contribution >= 4 is 78.4 Å². The molecule has 16 heteroatoms. The van der Waals surface area contributed by atoms with Crippen molar-refractivity contribution in [3.05, 3.63) is 81.5 Å². The zero-order chi connectivity index (χ0) is 47.0. The largest absolute Gasteiger partial charge is 0.443 e. The third-order valence-electron chi connectivity index (χ3n) is 17.9. The van der Waals surface area contributed by atoms with E-state index in [-0.39, 0.29) is 29.3 Å². The van der Waals surface area contributed by atoms with Crippen LogP contribution in [0.25, 0.3) is 22.2 Å². The highest BCUT2D eigenvalue weighted by Gasteiger charge is 2.59. The lowest BCUT2D eigenvalue weighted by Gasteiger charge is -2.50.